The first-order valence-corrected chi connectivity index (χ1v) is 8.24. The van der Waals surface area contributed by atoms with Crippen LogP contribution in [0.3, 0.4) is 0 Å². The molecule has 0 heterocycles. The lowest BCUT2D eigenvalue weighted by atomic mass is 10.0. The Balaban J connectivity index is 0. The summed E-state index contributed by atoms with van der Waals surface area (Å²) in [6.45, 7) is 12.6. The average molecular weight is 315 g/mol. The molecule has 0 unspecified atom stereocenters. The highest BCUT2D eigenvalue weighted by molar-refractivity contribution is 5.85. The summed E-state index contributed by atoms with van der Waals surface area (Å²) in [5.74, 6) is 0.159. The second kappa shape index (κ2) is 14.7. The number of Topliss-reactive ketones (excluding diaryl/α,β-unsaturated/α-hetero) is 2. The standard InChI is InChI=1S/C15H27NO4.C2H6/c1-11(2)13(17)5-6-15(19)16-8-10-20-9-7-14(18)12(3)4;1-2/h11-12H,5-10H2,1-4H3,(H,16,19);1-2H3. The van der Waals surface area contributed by atoms with Crippen molar-refractivity contribution >= 4 is 17.5 Å². The minimum absolute atomic E-state index is 0.0235. The lowest BCUT2D eigenvalue weighted by Crippen LogP contribution is -2.28. The van der Waals surface area contributed by atoms with Crippen molar-refractivity contribution in [1.82, 2.24) is 5.32 Å². The molecule has 0 aliphatic carbocycles. The van der Waals surface area contributed by atoms with Gasteiger partial charge in [-0.15, -0.1) is 0 Å². The summed E-state index contributed by atoms with van der Waals surface area (Å²) in [7, 11) is 0. The molecule has 0 aliphatic rings. The predicted octanol–water partition coefficient (Wildman–Crippen LogP) is 2.77. The Morgan fingerprint density at radius 2 is 1.32 bits per heavy atom. The van der Waals surface area contributed by atoms with Gasteiger partial charge in [0.15, 0.2) is 0 Å². The molecule has 0 aromatic heterocycles. The van der Waals surface area contributed by atoms with Crippen molar-refractivity contribution in [3.05, 3.63) is 0 Å². The highest BCUT2D eigenvalue weighted by Crippen LogP contribution is 2.01. The number of carbonyl (C=O) groups is 3. The number of nitrogens with one attached hydrogen (secondary N) is 1. The van der Waals surface area contributed by atoms with Crippen LogP contribution in [0.25, 0.3) is 0 Å². The van der Waals surface area contributed by atoms with Crippen LogP contribution in [-0.4, -0.2) is 37.2 Å². The maximum absolute atomic E-state index is 11.4. The molecule has 0 atom stereocenters. The van der Waals surface area contributed by atoms with E-state index in [9.17, 15) is 14.4 Å². The van der Waals surface area contributed by atoms with Crippen molar-refractivity contribution in [1.29, 1.82) is 0 Å². The summed E-state index contributed by atoms with van der Waals surface area (Å²) < 4.78 is 5.27. The number of hydrogen-bond acceptors (Lipinski definition) is 4. The summed E-state index contributed by atoms with van der Waals surface area (Å²) in [5.41, 5.74) is 0. The molecule has 0 radical (unpaired) electrons. The van der Waals surface area contributed by atoms with Gasteiger partial charge in [-0.2, -0.15) is 0 Å². The minimum Gasteiger partial charge on any atom is -0.379 e. The van der Waals surface area contributed by atoms with Gasteiger partial charge in [0.1, 0.15) is 11.6 Å². The van der Waals surface area contributed by atoms with E-state index in [0.29, 0.717) is 26.2 Å². The van der Waals surface area contributed by atoms with Gasteiger partial charge in [-0.05, 0) is 0 Å². The first-order chi connectivity index (χ1) is 10.3. The molecular formula is C17H33NO4. The van der Waals surface area contributed by atoms with E-state index >= 15 is 0 Å². The molecule has 0 saturated carbocycles. The monoisotopic (exact) mass is 315 g/mol. The van der Waals surface area contributed by atoms with Crippen LogP contribution in [0, 0.1) is 11.8 Å². The van der Waals surface area contributed by atoms with Gasteiger partial charge in [0.25, 0.3) is 0 Å². The maximum Gasteiger partial charge on any atom is 0.220 e. The van der Waals surface area contributed by atoms with Crippen molar-refractivity contribution in [3.8, 4) is 0 Å². The quantitative estimate of drug-likeness (QED) is 0.595. The fourth-order valence-electron chi connectivity index (χ4n) is 1.44. The van der Waals surface area contributed by atoms with E-state index in [0.717, 1.165) is 0 Å². The molecule has 0 spiro atoms. The van der Waals surface area contributed by atoms with Crippen LogP contribution in [0.5, 0.6) is 0 Å². The Bertz CT molecular complexity index is 325. The third kappa shape index (κ3) is 13.7. The highest BCUT2D eigenvalue weighted by Gasteiger charge is 2.10. The van der Waals surface area contributed by atoms with Crippen molar-refractivity contribution in [2.24, 2.45) is 11.8 Å². The average Bonchev–Trinajstić information content (AvgIpc) is 2.49. The van der Waals surface area contributed by atoms with E-state index in [2.05, 4.69) is 5.32 Å². The minimum atomic E-state index is -0.138. The van der Waals surface area contributed by atoms with Gasteiger partial charge in [0.2, 0.25) is 5.91 Å². The van der Waals surface area contributed by atoms with Crippen LogP contribution in [-0.2, 0) is 19.1 Å². The van der Waals surface area contributed by atoms with Gasteiger partial charge in [-0.1, -0.05) is 41.5 Å². The fraction of sp³-hybridized carbons (Fsp3) is 0.824. The molecule has 0 fully saturated rings. The molecule has 22 heavy (non-hydrogen) atoms. The van der Waals surface area contributed by atoms with Crippen molar-refractivity contribution in [2.45, 2.75) is 60.8 Å². The molecule has 0 rings (SSSR count). The summed E-state index contributed by atoms with van der Waals surface area (Å²) in [4.78, 5) is 34.1. The van der Waals surface area contributed by atoms with Gasteiger partial charge in [-0.25, -0.2) is 0 Å². The SMILES string of the molecule is CC.CC(C)C(=O)CCOCCNC(=O)CCC(=O)C(C)C. The highest BCUT2D eigenvalue weighted by atomic mass is 16.5. The molecule has 130 valence electrons. The van der Waals surface area contributed by atoms with E-state index in [-0.39, 0.29) is 42.2 Å². The molecule has 0 aliphatic heterocycles. The van der Waals surface area contributed by atoms with Gasteiger partial charge in [0, 0.05) is 37.6 Å². The smallest absolute Gasteiger partial charge is 0.220 e. The predicted molar refractivity (Wildman–Crippen MR) is 88.7 cm³/mol. The second-order valence-electron chi connectivity index (χ2n) is 5.45. The van der Waals surface area contributed by atoms with Gasteiger partial charge < -0.3 is 10.1 Å². The van der Waals surface area contributed by atoms with Crippen LogP contribution in [0.15, 0.2) is 0 Å². The molecule has 0 aromatic rings. The molecule has 5 nitrogen and oxygen atoms in total. The summed E-state index contributed by atoms with van der Waals surface area (Å²) >= 11 is 0. The van der Waals surface area contributed by atoms with E-state index < -0.39 is 0 Å². The molecular weight excluding hydrogens is 282 g/mol. The first-order valence-electron chi connectivity index (χ1n) is 8.24. The van der Waals surface area contributed by atoms with E-state index in [1.807, 2.05) is 41.5 Å². The van der Waals surface area contributed by atoms with Gasteiger partial charge in [0.05, 0.1) is 13.2 Å². The summed E-state index contributed by atoms with van der Waals surface area (Å²) in [6.07, 6.45) is 0.921. The van der Waals surface area contributed by atoms with Crippen molar-refractivity contribution in [3.63, 3.8) is 0 Å². The number of carbonyl (C=O) groups excluding carboxylic acids is 3. The lowest BCUT2D eigenvalue weighted by molar-refractivity contribution is -0.127. The Kier molecular flexibility index (Phi) is 15.4. The zero-order valence-corrected chi connectivity index (χ0v) is 15.0. The van der Waals surface area contributed by atoms with Crippen LogP contribution < -0.4 is 5.32 Å². The van der Waals surface area contributed by atoms with Gasteiger partial charge >= 0.3 is 0 Å². The molecule has 1 N–H and O–H groups in total. The Morgan fingerprint density at radius 3 is 1.82 bits per heavy atom. The van der Waals surface area contributed by atoms with Gasteiger partial charge in [-0.3, -0.25) is 14.4 Å². The van der Waals surface area contributed by atoms with Crippen LogP contribution in [0.1, 0.15) is 60.8 Å². The maximum atomic E-state index is 11.4. The Labute approximate surface area is 135 Å². The normalized spacial score (nSPS) is 10.2. The largest absolute Gasteiger partial charge is 0.379 e. The number of rotatable bonds is 11. The Morgan fingerprint density at radius 1 is 0.818 bits per heavy atom. The Hall–Kier alpha value is -1.23. The first kappa shape index (κ1) is 23.0. The third-order valence-corrected chi connectivity index (χ3v) is 2.95. The van der Waals surface area contributed by atoms with Crippen LogP contribution in [0.2, 0.25) is 0 Å². The number of hydrogen-bond donors (Lipinski definition) is 1. The van der Waals surface area contributed by atoms with E-state index in [1.54, 1.807) is 0 Å². The topological polar surface area (TPSA) is 72.5 Å². The number of amides is 1. The zero-order valence-electron chi connectivity index (χ0n) is 15.0. The summed E-state index contributed by atoms with van der Waals surface area (Å²) in [5, 5.41) is 2.69. The number of ether oxygens (including phenoxy) is 1. The fourth-order valence-corrected chi connectivity index (χ4v) is 1.44. The van der Waals surface area contributed by atoms with E-state index in [4.69, 9.17) is 4.74 Å². The molecule has 0 aromatic carbocycles. The molecule has 1 amide bonds. The van der Waals surface area contributed by atoms with Crippen molar-refractivity contribution in [2.75, 3.05) is 19.8 Å². The van der Waals surface area contributed by atoms with E-state index in [1.165, 1.54) is 0 Å². The second-order valence-corrected chi connectivity index (χ2v) is 5.45. The number of ketones is 2. The third-order valence-electron chi connectivity index (χ3n) is 2.95. The lowest BCUT2D eigenvalue weighted by Gasteiger charge is -2.07. The van der Waals surface area contributed by atoms with Crippen LogP contribution >= 0.6 is 0 Å². The molecule has 5 heteroatoms. The molecule has 0 saturated heterocycles. The van der Waals surface area contributed by atoms with Crippen LogP contribution in [0.4, 0.5) is 0 Å². The molecule has 0 bridgehead atoms. The zero-order chi connectivity index (χ0) is 17.5. The van der Waals surface area contributed by atoms with Crippen molar-refractivity contribution < 1.29 is 19.1 Å². The summed E-state index contributed by atoms with van der Waals surface area (Å²) in [6, 6.07) is 0.